The smallest absolute Gasteiger partial charge is 0.129 e. The minimum absolute atomic E-state index is 0.0699. The van der Waals surface area contributed by atoms with Crippen molar-refractivity contribution in [3.05, 3.63) is 23.4 Å². The summed E-state index contributed by atoms with van der Waals surface area (Å²) < 4.78 is 5.66. The summed E-state index contributed by atoms with van der Waals surface area (Å²) in [5, 5.41) is 9.40. The quantitative estimate of drug-likeness (QED) is 0.905. The molecule has 0 radical (unpaired) electrons. The first-order valence-electron chi connectivity index (χ1n) is 7.13. The van der Waals surface area contributed by atoms with Crippen molar-refractivity contribution in [2.45, 2.75) is 52.4 Å². The number of pyridine rings is 1. The lowest BCUT2D eigenvalue weighted by atomic mass is 10.1. The standard InChI is InChI=1S/C15H24N2O2/c1-4-5-14-6-13(9-18)7-15(16-14)17-8-12(3)19-10-11(17)2/h6-7,11-12,18H,4-5,8-10H2,1-3H3. The van der Waals surface area contributed by atoms with Gasteiger partial charge in [0.05, 0.1) is 25.4 Å². The maximum atomic E-state index is 9.40. The van der Waals surface area contributed by atoms with Crippen molar-refractivity contribution in [1.29, 1.82) is 0 Å². The topological polar surface area (TPSA) is 45.6 Å². The molecule has 19 heavy (non-hydrogen) atoms. The van der Waals surface area contributed by atoms with Crippen molar-refractivity contribution < 1.29 is 9.84 Å². The van der Waals surface area contributed by atoms with Crippen LogP contribution in [0.25, 0.3) is 0 Å². The van der Waals surface area contributed by atoms with E-state index in [9.17, 15) is 5.11 Å². The van der Waals surface area contributed by atoms with Crippen molar-refractivity contribution in [3.63, 3.8) is 0 Å². The third-order valence-electron chi connectivity index (χ3n) is 3.52. The molecular formula is C15H24N2O2. The molecule has 1 N–H and O–H groups in total. The Morgan fingerprint density at radius 2 is 2.21 bits per heavy atom. The minimum atomic E-state index is 0.0699. The summed E-state index contributed by atoms with van der Waals surface area (Å²) in [5.74, 6) is 0.970. The molecule has 1 aliphatic rings. The number of morpholine rings is 1. The second-order valence-electron chi connectivity index (χ2n) is 5.38. The average Bonchev–Trinajstić information content (AvgIpc) is 2.41. The van der Waals surface area contributed by atoms with Crippen LogP contribution in [-0.2, 0) is 17.8 Å². The molecule has 1 aliphatic heterocycles. The van der Waals surface area contributed by atoms with Gasteiger partial charge in [0.25, 0.3) is 0 Å². The van der Waals surface area contributed by atoms with Crippen LogP contribution < -0.4 is 4.90 Å². The molecular weight excluding hydrogens is 240 g/mol. The number of aromatic nitrogens is 1. The van der Waals surface area contributed by atoms with E-state index in [0.29, 0.717) is 6.04 Å². The summed E-state index contributed by atoms with van der Waals surface area (Å²) in [7, 11) is 0. The average molecular weight is 264 g/mol. The lowest BCUT2D eigenvalue weighted by Gasteiger charge is -2.38. The zero-order valence-electron chi connectivity index (χ0n) is 12.1. The van der Waals surface area contributed by atoms with Gasteiger partial charge in [-0.25, -0.2) is 4.98 Å². The van der Waals surface area contributed by atoms with Crippen LogP contribution in [0.3, 0.4) is 0 Å². The van der Waals surface area contributed by atoms with Crippen LogP contribution in [0.2, 0.25) is 0 Å². The van der Waals surface area contributed by atoms with Gasteiger partial charge in [-0.2, -0.15) is 0 Å². The third kappa shape index (κ3) is 3.45. The van der Waals surface area contributed by atoms with Crippen molar-refractivity contribution in [2.75, 3.05) is 18.1 Å². The Kier molecular flexibility index (Phi) is 4.77. The van der Waals surface area contributed by atoms with Crippen LogP contribution in [-0.4, -0.2) is 35.4 Å². The molecule has 2 rings (SSSR count). The molecule has 0 spiro atoms. The molecule has 0 aliphatic carbocycles. The molecule has 1 aromatic rings. The van der Waals surface area contributed by atoms with E-state index in [2.05, 4.69) is 25.7 Å². The van der Waals surface area contributed by atoms with E-state index in [1.807, 2.05) is 12.1 Å². The predicted octanol–water partition coefficient (Wildman–Crippen LogP) is 2.14. The normalized spacial score (nSPS) is 23.7. The second-order valence-corrected chi connectivity index (χ2v) is 5.38. The minimum Gasteiger partial charge on any atom is -0.392 e. The van der Waals surface area contributed by atoms with Crippen LogP contribution in [0.1, 0.15) is 38.4 Å². The molecule has 2 atom stereocenters. The largest absolute Gasteiger partial charge is 0.392 e. The first-order chi connectivity index (χ1) is 9.13. The Labute approximate surface area is 115 Å². The van der Waals surface area contributed by atoms with Crippen LogP contribution in [0.4, 0.5) is 5.82 Å². The van der Waals surface area contributed by atoms with Gasteiger partial charge in [-0.1, -0.05) is 13.3 Å². The summed E-state index contributed by atoms with van der Waals surface area (Å²) >= 11 is 0. The molecule has 4 heteroatoms. The summed E-state index contributed by atoms with van der Waals surface area (Å²) in [5.41, 5.74) is 2.01. The summed E-state index contributed by atoms with van der Waals surface area (Å²) in [6.07, 6.45) is 2.25. The molecule has 1 saturated heterocycles. The van der Waals surface area contributed by atoms with Gasteiger partial charge >= 0.3 is 0 Å². The molecule has 0 bridgehead atoms. The Bertz CT molecular complexity index is 423. The summed E-state index contributed by atoms with van der Waals surface area (Å²) in [4.78, 5) is 7.02. The first-order valence-corrected chi connectivity index (χ1v) is 7.13. The Morgan fingerprint density at radius 3 is 2.89 bits per heavy atom. The Hall–Kier alpha value is -1.13. The SMILES string of the molecule is CCCc1cc(CO)cc(N2CC(C)OCC2C)n1. The van der Waals surface area contributed by atoms with Crippen LogP contribution in [0.15, 0.2) is 12.1 Å². The van der Waals surface area contributed by atoms with Gasteiger partial charge in [-0.3, -0.25) is 0 Å². The number of hydrogen-bond acceptors (Lipinski definition) is 4. The Balaban J connectivity index is 2.28. The molecule has 0 saturated carbocycles. The van der Waals surface area contributed by atoms with Crippen LogP contribution in [0, 0.1) is 0 Å². The zero-order valence-corrected chi connectivity index (χ0v) is 12.1. The maximum absolute atomic E-state index is 9.40. The zero-order chi connectivity index (χ0) is 13.8. The van der Waals surface area contributed by atoms with Crippen molar-refractivity contribution in [1.82, 2.24) is 4.98 Å². The van der Waals surface area contributed by atoms with Gasteiger partial charge in [0.1, 0.15) is 5.82 Å². The number of hydrogen-bond donors (Lipinski definition) is 1. The van der Waals surface area contributed by atoms with Gasteiger partial charge in [-0.05, 0) is 38.0 Å². The van der Waals surface area contributed by atoms with Gasteiger partial charge in [-0.15, -0.1) is 0 Å². The van der Waals surface area contributed by atoms with E-state index >= 15 is 0 Å². The second kappa shape index (κ2) is 6.35. The maximum Gasteiger partial charge on any atom is 0.129 e. The van der Waals surface area contributed by atoms with Gasteiger partial charge in [0.15, 0.2) is 0 Å². The third-order valence-corrected chi connectivity index (χ3v) is 3.52. The lowest BCUT2D eigenvalue weighted by Crippen LogP contribution is -2.47. The highest BCUT2D eigenvalue weighted by Gasteiger charge is 2.24. The van der Waals surface area contributed by atoms with Crippen LogP contribution in [0.5, 0.6) is 0 Å². The number of aryl methyl sites for hydroxylation is 1. The molecule has 0 amide bonds. The fourth-order valence-electron chi connectivity index (χ4n) is 2.48. The molecule has 1 aromatic heterocycles. The van der Waals surface area contributed by atoms with E-state index in [-0.39, 0.29) is 12.7 Å². The van der Waals surface area contributed by atoms with Gasteiger partial charge < -0.3 is 14.7 Å². The monoisotopic (exact) mass is 264 g/mol. The molecule has 0 aromatic carbocycles. The van der Waals surface area contributed by atoms with E-state index < -0.39 is 0 Å². The number of anilines is 1. The molecule has 1 fully saturated rings. The number of aliphatic hydroxyl groups excluding tert-OH is 1. The van der Waals surface area contributed by atoms with Gasteiger partial charge in [0, 0.05) is 12.2 Å². The van der Waals surface area contributed by atoms with E-state index in [1.54, 1.807) is 0 Å². The van der Waals surface area contributed by atoms with E-state index in [0.717, 1.165) is 43.1 Å². The van der Waals surface area contributed by atoms with Gasteiger partial charge in [0.2, 0.25) is 0 Å². The number of nitrogens with zero attached hydrogens (tertiary/aromatic N) is 2. The highest BCUT2D eigenvalue weighted by Crippen LogP contribution is 2.22. The Morgan fingerprint density at radius 1 is 1.42 bits per heavy atom. The first kappa shape index (κ1) is 14.3. The predicted molar refractivity (Wildman–Crippen MR) is 76.4 cm³/mol. The number of rotatable bonds is 4. The fourth-order valence-corrected chi connectivity index (χ4v) is 2.48. The molecule has 2 heterocycles. The highest BCUT2D eigenvalue weighted by atomic mass is 16.5. The van der Waals surface area contributed by atoms with Crippen molar-refractivity contribution in [2.24, 2.45) is 0 Å². The van der Waals surface area contributed by atoms with Crippen molar-refractivity contribution in [3.8, 4) is 0 Å². The number of aliphatic hydroxyl groups is 1. The summed E-state index contributed by atoms with van der Waals surface area (Å²) in [6, 6.07) is 4.32. The van der Waals surface area contributed by atoms with Crippen molar-refractivity contribution >= 4 is 5.82 Å². The highest BCUT2D eigenvalue weighted by molar-refractivity contribution is 5.44. The lowest BCUT2D eigenvalue weighted by molar-refractivity contribution is 0.0340. The summed E-state index contributed by atoms with van der Waals surface area (Å²) in [6.45, 7) is 8.04. The van der Waals surface area contributed by atoms with Crippen LogP contribution >= 0.6 is 0 Å². The molecule has 4 nitrogen and oxygen atoms in total. The molecule has 106 valence electrons. The van der Waals surface area contributed by atoms with E-state index in [4.69, 9.17) is 9.72 Å². The van der Waals surface area contributed by atoms with E-state index in [1.165, 1.54) is 0 Å². The fraction of sp³-hybridized carbons (Fsp3) is 0.667. The molecule has 2 unspecified atom stereocenters. The number of ether oxygens (including phenoxy) is 1.